The number of nitrogens with one attached hydrogen (secondary N) is 2. The molecule has 0 aliphatic heterocycles. The summed E-state index contributed by atoms with van der Waals surface area (Å²) >= 11 is 0. The summed E-state index contributed by atoms with van der Waals surface area (Å²) in [6.07, 6.45) is 0.991. The van der Waals surface area contributed by atoms with Gasteiger partial charge in [-0.25, -0.2) is 9.18 Å². The van der Waals surface area contributed by atoms with Crippen molar-refractivity contribution in [1.29, 1.82) is 0 Å². The van der Waals surface area contributed by atoms with E-state index in [0.717, 1.165) is 0 Å². The summed E-state index contributed by atoms with van der Waals surface area (Å²) < 4.78 is 14.1. The molecule has 3 N–H and O–H groups in total. The number of aryl methyl sites for hydroxylation is 2. The second-order valence-corrected chi connectivity index (χ2v) is 6.15. The lowest BCUT2D eigenvalue weighted by molar-refractivity contribution is -0.142. The summed E-state index contributed by atoms with van der Waals surface area (Å²) in [7, 11) is 0. The van der Waals surface area contributed by atoms with Crippen molar-refractivity contribution in [3.05, 3.63) is 52.6 Å². The molecule has 1 aliphatic rings. The van der Waals surface area contributed by atoms with Crippen molar-refractivity contribution in [2.75, 3.05) is 0 Å². The lowest BCUT2D eigenvalue weighted by atomic mass is 9.93. The predicted molar refractivity (Wildman–Crippen MR) is 83.9 cm³/mol. The number of carboxylic acid groups (broad SMARTS) is 1. The van der Waals surface area contributed by atoms with Crippen LogP contribution in [0, 0.1) is 19.7 Å². The van der Waals surface area contributed by atoms with Crippen LogP contribution in [0.2, 0.25) is 0 Å². The number of carboxylic acids is 1. The third kappa shape index (κ3) is 2.55. The molecule has 1 amide bonds. The number of aromatic nitrogens is 2. The number of halogens is 1. The van der Waals surface area contributed by atoms with Crippen molar-refractivity contribution in [2.24, 2.45) is 0 Å². The van der Waals surface area contributed by atoms with Crippen molar-refractivity contribution < 1.29 is 19.1 Å². The SMILES string of the molecule is Cc1n[nH]c(C)c1C(NC(=O)C1(c2ccccc2F)CC1)C(=O)O. The molecule has 1 aromatic carbocycles. The number of carbonyl (C=O) groups excluding carboxylic acids is 1. The Bertz CT molecular complexity index is 792. The predicted octanol–water partition coefficient (Wildman–Crippen LogP) is 2.14. The van der Waals surface area contributed by atoms with Gasteiger partial charge in [-0.05, 0) is 32.8 Å². The molecule has 126 valence electrons. The van der Waals surface area contributed by atoms with E-state index in [0.29, 0.717) is 35.4 Å². The first-order valence-electron chi connectivity index (χ1n) is 7.67. The van der Waals surface area contributed by atoms with Crippen LogP contribution in [0.15, 0.2) is 24.3 Å². The Hall–Kier alpha value is -2.70. The first-order chi connectivity index (χ1) is 11.4. The zero-order chi connectivity index (χ0) is 17.5. The van der Waals surface area contributed by atoms with E-state index in [1.54, 1.807) is 32.0 Å². The van der Waals surface area contributed by atoms with Gasteiger partial charge in [-0.15, -0.1) is 0 Å². The topological polar surface area (TPSA) is 95.1 Å². The Morgan fingerprint density at radius 1 is 1.33 bits per heavy atom. The van der Waals surface area contributed by atoms with Crippen molar-refractivity contribution in [3.63, 3.8) is 0 Å². The van der Waals surface area contributed by atoms with Gasteiger partial charge >= 0.3 is 5.97 Å². The first kappa shape index (κ1) is 16.2. The van der Waals surface area contributed by atoms with E-state index >= 15 is 0 Å². The van der Waals surface area contributed by atoms with E-state index in [9.17, 15) is 19.1 Å². The van der Waals surface area contributed by atoms with Gasteiger partial charge in [0, 0.05) is 16.8 Å². The Labute approximate surface area is 138 Å². The maximum Gasteiger partial charge on any atom is 0.331 e. The monoisotopic (exact) mass is 331 g/mol. The van der Waals surface area contributed by atoms with Crippen molar-refractivity contribution in [2.45, 2.75) is 38.1 Å². The molecule has 1 heterocycles. The van der Waals surface area contributed by atoms with E-state index in [1.165, 1.54) is 6.07 Å². The van der Waals surface area contributed by atoms with Crippen LogP contribution in [0.3, 0.4) is 0 Å². The van der Waals surface area contributed by atoms with Gasteiger partial charge in [-0.1, -0.05) is 18.2 Å². The van der Waals surface area contributed by atoms with Crippen molar-refractivity contribution in [3.8, 4) is 0 Å². The van der Waals surface area contributed by atoms with Crippen LogP contribution in [-0.4, -0.2) is 27.2 Å². The molecular weight excluding hydrogens is 313 g/mol. The van der Waals surface area contributed by atoms with Gasteiger partial charge in [-0.3, -0.25) is 9.89 Å². The number of amides is 1. The minimum Gasteiger partial charge on any atom is -0.479 e. The quantitative estimate of drug-likeness (QED) is 0.782. The molecule has 6 nitrogen and oxygen atoms in total. The number of nitrogens with zero attached hydrogens (tertiary/aromatic N) is 1. The molecule has 7 heteroatoms. The van der Waals surface area contributed by atoms with Crippen molar-refractivity contribution >= 4 is 11.9 Å². The van der Waals surface area contributed by atoms with Crippen LogP contribution < -0.4 is 5.32 Å². The van der Waals surface area contributed by atoms with Crippen LogP contribution >= 0.6 is 0 Å². The molecule has 1 aromatic heterocycles. The number of aromatic amines is 1. The molecule has 1 aliphatic carbocycles. The Kier molecular flexibility index (Phi) is 3.87. The van der Waals surface area contributed by atoms with Crippen molar-refractivity contribution in [1.82, 2.24) is 15.5 Å². The van der Waals surface area contributed by atoms with E-state index < -0.39 is 29.2 Å². The van der Waals surface area contributed by atoms with Gasteiger partial charge in [-0.2, -0.15) is 5.10 Å². The lowest BCUT2D eigenvalue weighted by Gasteiger charge is -2.21. The second kappa shape index (κ2) is 5.74. The highest BCUT2D eigenvalue weighted by molar-refractivity contribution is 5.94. The zero-order valence-electron chi connectivity index (χ0n) is 13.4. The summed E-state index contributed by atoms with van der Waals surface area (Å²) in [6, 6.07) is 4.89. The Balaban J connectivity index is 1.90. The third-order valence-corrected chi connectivity index (χ3v) is 4.57. The van der Waals surface area contributed by atoms with Crippen LogP contribution in [0.5, 0.6) is 0 Å². The summed E-state index contributed by atoms with van der Waals surface area (Å²) in [5.41, 5.74) is 0.851. The number of aliphatic carboxylic acids is 1. The number of hydrogen-bond donors (Lipinski definition) is 3. The average Bonchev–Trinajstić information content (AvgIpc) is 3.27. The van der Waals surface area contributed by atoms with Gasteiger partial charge in [0.1, 0.15) is 5.82 Å². The van der Waals surface area contributed by atoms with Crippen LogP contribution in [0.4, 0.5) is 4.39 Å². The second-order valence-electron chi connectivity index (χ2n) is 6.15. The number of H-pyrrole nitrogens is 1. The Morgan fingerprint density at radius 2 is 2.00 bits per heavy atom. The fraction of sp³-hybridized carbons (Fsp3) is 0.353. The molecule has 2 aromatic rings. The molecule has 0 bridgehead atoms. The first-order valence-corrected chi connectivity index (χ1v) is 7.67. The minimum absolute atomic E-state index is 0.312. The molecule has 1 saturated carbocycles. The highest BCUT2D eigenvalue weighted by Gasteiger charge is 2.53. The van der Waals surface area contributed by atoms with E-state index in [1.807, 2.05) is 0 Å². The Morgan fingerprint density at radius 3 is 2.50 bits per heavy atom. The van der Waals surface area contributed by atoms with Gasteiger partial charge < -0.3 is 10.4 Å². The summed E-state index contributed by atoms with van der Waals surface area (Å²) in [4.78, 5) is 24.4. The number of hydrogen-bond acceptors (Lipinski definition) is 3. The maximum atomic E-state index is 14.1. The summed E-state index contributed by atoms with van der Waals surface area (Å²) in [6.45, 7) is 3.37. The van der Waals surface area contributed by atoms with Gasteiger partial charge in [0.25, 0.3) is 0 Å². The highest BCUT2D eigenvalue weighted by atomic mass is 19.1. The minimum atomic E-state index is -1.22. The summed E-state index contributed by atoms with van der Waals surface area (Å²) in [5, 5.41) is 18.8. The van der Waals surface area contributed by atoms with E-state index in [2.05, 4.69) is 15.5 Å². The fourth-order valence-electron chi connectivity index (χ4n) is 3.10. The van der Waals surface area contributed by atoms with Crippen LogP contribution in [-0.2, 0) is 15.0 Å². The molecule has 1 unspecified atom stereocenters. The number of rotatable bonds is 5. The lowest BCUT2D eigenvalue weighted by Crippen LogP contribution is -2.41. The zero-order valence-corrected chi connectivity index (χ0v) is 13.4. The summed E-state index contributed by atoms with van der Waals surface area (Å²) in [5.74, 6) is -2.10. The molecule has 1 atom stereocenters. The smallest absolute Gasteiger partial charge is 0.331 e. The molecule has 24 heavy (non-hydrogen) atoms. The van der Waals surface area contributed by atoms with E-state index in [-0.39, 0.29) is 0 Å². The number of carbonyl (C=O) groups is 2. The molecular formula is C17H18FN3O3. The van der Waals surface area contributed by atoms with E-state index in [4.69, 9.17) is 0 Å². The average molecular weight is 331 g/mol. The van der Waals surface area contributed by atoms with Crippen LogP contribution in [0.25, 0.3) is 0 Å². The standard InChI is InChI=1S/C17H18FN3O3/c1-9-13(10(2)21-20-9)14(15(22)23)19-16(24)17(7-8-17)11-5-3-4-6-12(11)18/h3-6,14H,7-8H2,1-2H3,(H,19,24)(H,20,21)(H,22,23). The molecule has 1 fully saturated rings. The van der Waals surface area contributed by atoms with Gasteiger partial charge in [0.15, 0.2) is 6.04 Å². The third-order valence-electron chi connectivity index (χ3n) is 4.57. The molecule has 0 spiro atoms. The number of benzene rings is 1. The largest absolute Gasteiger partial charge is 0.479 e. The van der Waals surface area contributed by atoms with Gasteiger partial charge in [0.2, 0.25) is 5.91 Å². The van der Waals surface area contributed by atoms with Crippen LogP contribution in [0.1, 0.15) is 41.4 Å². The fourth-order valence-corrected chi connectivity index (χ4v) is 3.10. The normalized spacial score (nSPS) is 16.5. The highest BCUT2D eigenvalue weighted by Crippen LogP contribution is 2.49. The molecule has 0 saturated heterocycles. The molecule has 3 rings (SSSR count). The maximum absolute atomic E-state index is 14.1. The molecule has 0 radical (unpaired) electrons. The van der Waals surface area contributed by atoms with Gasteiger partial charge in [0.05, 0.1) is 11.1 Å².